The molecule has 2 aliphatic heterocycles. The van der Waals surface area contributed by atoms with Crippen LogP contribution in [0.3, 0.4) is 0 Å². The smallest absolute Gasteiger partial charge is 0.321 e. The van der Waals surface area contributed by atoms with E-state index in [0.29, 0.717) is 37.7 Å². The molecule has 3 heterocycles. The Morgan fingerprint density at radius 3 is 2.48 bits per heavy atom. The van der Waals surface area contributed by atoms with Crippen molar-refractivity contribution in [3.05, 3.63) is 60.0 Å². The number of guanidine groups is 1. The number of hydrogen-bond donors (Lipinski definition) is 1. The van der Waals surface area contributed by atoms with Crippen LogP contribution in [0.15, 0.2) is 53.7 Å². The van der Waals surface area contributed by atoms with Gasteiger partial charge in [0, 0.05) is 32.4 Å². The van der Waals surface area contributed by atoms with E-state index >= 15 is 0 Å². The normalized spacial score (nSPS) is 21.4. The number of piperazine rings is 1. The van der Waals surface area contributed by atoms with Crippen molar-refractivity contribution in [3.8, 4) is 0 Å². The van der Waals surface area contributed by atoms with Gasteiger partial charge in [-0.05, 0) is 36.8 Å². The first-order valence-corrected chi connectivity index (χ1v) is 10.3. The van der Waals surface area contributed by atoms with Gasteiger partial charge >= 0.3 is 5.97 Å². The molecule has 0 aliphatic carbocycles. The number of benzene rings is 1. The zero-order valence-corrected chi connectivity index (χ0v) is 17.2. The molecule has 0 radical (unpaired) electrons. The quantitative estimate of drug-likeness (QED) is 0.593. The summed E-state index contributed by atoms with van der Waals surface area (Å²) in [4.78, 5) is 38.6. The molecule has 1 amide bonds. The molecular formula is C22H24FN5O3. The Kier molecular flexibility index (Phi) is 6.11. The van der Waals surface area contributed by atoms with Gasteiger partial charge in [0.1, 0.15) is 17.7 Å². The van der Waals surface area contributed by atoms with Gasteiger partial charge in [0.2, 0.25) is 11.9 Å². The van der Waals surface area contributed by atoms with Gasteiger partial charge < -0.3 is 14.5 Å². The lowest BCUT2D eigenvalue weighted by Crippen LogP contribution is -2.57. The van der Waals surface area contributed by atoms with E-state index in [2.05, 4.69) is 15.2 Å². The molecule has 31 heavy (non-hydrogen) atoms. The number of carbonyl (C=O) groups is 2. The van der Waals surface area contributed by atoms with Gasteiger partial charge in [-0.25, -0.2) is 14.4 Å². The Bertz CT molecular complexity index is 959. The number of aromatic nitrogens is 1. The second-order valence-electron chi connectivity index (χ2n) is 7.33. The minimum Gasteiger partial charge on any atom is -0.465 e. The average molecular weight is 425 g/mol. The number of carbonyl (C=O) groups excluding carboxylic acids is 2. The molecule has 0 saturated carbocycles. The molecule has 1 aromatic heterocycles. The van der Waals surface area contributed by atoms with Gasteiger partial charge in [-0.3, -0.25) is 14.9 Å². The Labute approximate surface area is 179 Å². The van der Waals surface area contributed by atoms with E-state index < -0.39 is 29.7 Å². The number of hydrogen-bond acceptors (Lipinski definition) is 7. The number of esters is 1. The molecule has 4 rings (SSSR count). The fourth-order valence-corrected chi connectivity index (χ4v) is 3.81. The highest BCUT2D eigenvalue weighted by atomic mass is 19.1. The van der Waals surface area contributed by atoms with Crippen molar-refractivity contribution in [1.29, 1.82) is 0 Å². The summed E-state index contributed by atoms with van der Waals surface area (Å²) < 4.78 is 18.5. The molecular weight excluding hydrogens is 401 g/mol. The first-order valence-electron chi connectivity index (χ1n) is 10.3. The number of nitrogens with one attached hydrogen (secondary N) is 1. The number of rotatable bonds is 4. The van der Waals surface area contributed by atoms with Crippen molar-refractivity contribution in [2.24, 2.45) is 10.9 Å². The van der Waals surface area contributed by atoms with Crippen LogP contribution in [-0.4, -0.2) is 60.5 Å². The summed E-state index contributed by atoms with van der Waals surface area (Å²) in [5.41, 5.74) is 0.582. The molecule has 1 N–H and O–H groups in total. The number of pyridine rings is 1. The van der Waals surface area contributed by atoms with E-state index in [0.717, 1.165) is 5.82 Å². The van der Waals surface area contributed by atoms with Crippen molar-refractivity contribution in [3.63, 3.8) is 0 Å². The Hall–Kier alpha value is -3.49. The minimum absolute atomic E-state index is 0.158. The van der Waals surface area contributed by atoms with Crippen LogP contribution in [0, 0.1) is 11.7 Å². The zero-order chi connectivity index (χ0) is 21.8. The Morgan fingerprint density at radius 1 is 1.13 bits per heavy atom. The van der Waals surface area contributed by atoms with E-state index in [1.54, 1.807) is 25.3 Å². The fraction of sp³-hybridized carbons (Fsp3) is 0.364. The molecule has 2 aromatic rings. The molecule has 8 nitrogen and oxygen atoms in total. The average Bonchev–Trinajstić information content (AvgIpc) is 2.80. The fourth-order valence-electron chi connectivity index (χ4n) is 3.81. The number of nitrogens with zero attached hydrogens (tertiary/aromatic N) is 4. The highest BCUT2D eigenvalue weighted by molar-refractivity contribution is 6.08. The topological polar surface area (TPSA) is 87.1 Å². The predicted molar refractivity (Wildman–Crippen MR) is 113 cm³/mol. The third-order valence-corrected chi connectivity index (χ3v) is 5.40. The maximum Gasteiger partial charge on any atom is 0.321 e. The number of anilines is 1. The van der Waals surface area contributed by atoms with Gasteiger partial charge in [0.25, 0.3) is 0 Å². The van der Waals surface area contributed by atoms with E-state index in [1.807, 2.05) is 23.1 Å². The van der Waals surface area contributed by atoms with Gasteiger partial charge in [-0.1, -0.05) is 18.2 Å². The molecule has 2 aliphatic rings. The summed E-state index contributed by atoms with van der Waals surface area (Å²) in [7, 11) is 0. The number of ether oxygens (including phenoxy) is 1. The Balaban J connectivity index is 1.56. The third-order valence-electron chi connectivity index (χ3n) is 5.40. The lowest BCUT2D eigenvalue weighted by Gasteiger charge is -2.39. The molecule has 162 valence electrons. The predicted octanol–water partition coefficient (Wildman–Crippen LogP) is 1.75. The van der Waals surface area contributed by atoms with E-state index in [1.165, 1.54) is 12.1 Å². The largest absolute Gasteiger partial charge is 0.465 e. The molecule has 2 unspecified atom stereocenters. The number of halogens is 1. The molecule has 2 atom stereocenters. The van der Waals surface area contributed by atoms with Crippen LogP contribution in [-0.2, 0) is 14.3 Å². The second-order valence-corrected chi connectivity index (χ2v) is 7.33. The second kappa shape index (κ2) is 9.11. The van der Waals surface area contributed by atoms with E-state index in [-0.39, 0.29) is 6.61 Å². The maximum absolute atomic E-state index is 13.4. The van der Waals surface area contributed by atoms with E-state index in [9.17, 15) is 14.0 Å². The van der Waals surface area contributed by atoms with Gasteiger partial charge in [-0.2, -0.15) is 0 Å². The third kappa shape index (κ3) is 4.50. The molecule has 0 bridgehead atoms. The van der Waals surface area contributed by atoms with Crippen LogP contribution in [0.25, 0.3) is 0 Å². The van der Waals surface area contributed by atoms with Crippen molar-refractivity contribution in [2.75, 3.05) is 37.7 Å². The highest BCUT2D eigenvalue weighted by Gasteiger charge is 2.42. The number of aliphatic imine (C=N–C) groups is 1. The first kappa shape index (κ1) is 20.8. The van der Waals surface area contributed by atoms with E-state index in [4.69, 9.17) is 9.73 Å². The monoisotopic (exact) mass is 425 g/mol. The maximum atomic E-state index is 13.4. The summed E-state index contributed by atoms with van der Waals surface area (Å²) in [6, 6.07) is 10.7. The molecule has 1 fully saturated rings. The van der Waals surface area contributed by atoms with Gasteiger partial charge in [0.15, 0.2) is 5.92 Å². The van der Waals surface area contributed by atoms with Crippen LogP contribution in [0.5, 0.6) is 0 Å². The summed E-state index contributed by atoms with van der Waals surface area (Å²) in [5, 5.41) is 2.77. The summed E-state index contributed by atoms with van der Waals surface area (Å²) >= 11 is 0. The molecule has 1 aromatic carbocycles. The SMILES string of the molecule is CCOC(=O)C1C(=O)NC(N2CCN(c3ccccn3)CC2)=NC1c1ccc(F)cc1. The first-order chi connectivity index (χ1) is 15.1. The lowest BCUT2D eigenvalue weighted by molar-refractivity contribution is -0.153. The Morgan fingerprint density at radius 2 is 1.84 bits per heavy atom. The van der Waals surface area contributed by atoms with Crippen LogP contribution in [0.1, 0.15) is 18.5 Å². The lowest BCUT2D eigenvalue weighted by atomic mass is 9.91. The van der Waals surface area contributed by atoms with Crippen LogP contribution >= 0.6 is 0 Å². The minimum atomic E-state index is -1.12. The van der Waals surface area contributed by atoms with Crippen molar-refractivity contribution < 1.29 is 18.7 Å². The summed E-state index contributed by atoms with van der Waals surface area (Å²) in [6.07, 6.45) is 1.76. The standard InChI is InChI=1S/C22H24FN5O3/c1-2-31-21(30)18-19(15-6-8-16(23)9-7-15)25-22(26-20(18)29)28-13-11-27(12-14-28)17-5-3-4-10-24-17/h3-10,18-19H,2,11-14H2,1H3,(H,25,26,29). The molecule has 0 spiro atoms. The van der Waals surface area contributed by atoms with Crippen molar-refractivity contribution in [1.82, 2.24) is 15.2 Å². The molecule has 1 saturated heterocycles. The zero-order valence-electron chi connectivity index (χ0n) is 17.2. The van der Waals surface area contributed by atoms with Gasteiger partial charge in [-0.15, -0.1) is 0 Å². The summed E-state index contributed by atoms with van der Waals surface area (Å²) in [6.45, 7) is 4.54. The van der Waals surface area contributed by atoms with Crippen molar-refractivity contribution >= 4 is 23.7 Å². The highest BCUT2D eigenvalue weighted by Crippen LogP contribution is 2.31. The van der Waals surface area contributed by atoms with Crippen LogP contribution in [0.2, 0.25) is 0 Å². The number of amides is 1. The van der Waals surface area contributed by atoms with Crippen molar-refractivity contribution in [2.45, 2.75) is 13.0 Å². The molecule has 9 heteroatoms. The van der Waals surface area contributed by atoms with Crippen LogP contribution < -0.4 is 10.2 Å². The summed E-state index contributed by atoms with van der Waals surface area (Å²) in [5.74, 6) is -1.30. The van der Waals surface area contributed by atoms with Crippen LogP contribution in [0.4, 0.5) is 10.2 Å². The van der Waals surface area contributed by atoms with Gasteiger partial charge in [0.05, 0.1) is 6.61 Å².